The van der Waals surface area contributed by atoms with Crippen molar-refractivity contribution in [2.75, 3.05) is 7.11 Å². The minimum Gasteiger partial charge on any atom is -0.497 e. The summed E-state index contributed by atoms with van der Waals surface area (Å²) in [5.41, 5.74) is 7.38. The molecule has 2 rings (SSSR count). The van der Waals surface area contributed by atoms with E-state index in [1.165, 1.54) is 0 Å². The molecule has 0 spiro atoms. The van der Waals surface area contributed by atoms with Gasteiger partial charge in [0.2, 0.25) is 5.88 Å². The fourth-order valence-electron chi connectivity index (χ4n) is 1.90. The van der Waals surface area contributed by atoms with Crippen molar-refractivity contribution in [3.8, 4) is 11.6 Å². The Morgan fingerprint density at radius 1 is 1.42 bits per heavy atom. The van der Waals surface area contributed by atoms with E-state index in [0.717, 1.165) is 11.3 Å². The van der Waals surface area contributed by atoms with Gasteiger partial charge in [-0.3, -0.25) is 10.1 Å². The first-order valence-corrected chi connectivity index (χ1v) is 5.76. The molecule has 0 fully saturated rings. The number of ether oxygens (including phenoxy) is 1. The lowest BCUT2D eigenvalue weighted by Gasteiger charge is -2.06. The smallest absolute Gasteiger partial charge is 0.241 e. The molecule has 19 heavy (non-hydrogen) atoms. The number of nitrogens with one attached hydrogen (secondary N) is 1. The van der Waals surface area contributed by atoms with E-state index in [-0.39, 0.29) is 17.3 Å². The number of nitrogen functional groups attached to an aromatic ring is 1. The SMILES string of the molecule is COc1ccc(Cn2nc(O)c(C(=N)N)c2C)cc1. The molecule has 0 aliphatic carbocycles. The Hall–Kier alpha value is -2.50. The third kappa shape index (κ3) is 2.52. The summed E-state index contributed by atoms with van der Waals surface area (Å²) >= 11 is 0. The van der Waals surface area contributed by atoms with Crippen LogP contribution in [-0.4, -0.2) is 27.8 Å². The van der Waals surface area contributed by atoms with E-state index >= 15 is 0 Å². The zero-order chi connectivity index (χ0) is 14.0. The van der Waals surface area contributed by atoms with Gasteiger partial charge >= 0.3 is 0 Å². The summed E-state index contributed by atoms with van der Waals surface area (Å²) in [6.45, 7) is 2.27. The van der Waals surface area contributed by atoms with Crippen LogP contribution in [0.5, 0.6) is 11.6 Å². The molecule has 0 saturated carbocycles. The second-order valence-electron chi connectivity index (χ2n) is 4.20. The van der Waals surface area contributed by atoms with E-state index in [0.29, 0.717) is 12.2 Å². The summed E-state index contributed by atoms with van der Waals surface area (Å²) in [6, 6.07) is 7.56. The molecule has 0 aliphatic heterocycles. The van der Waals surface area contributed by atoms with Crippen molar-refractivity contribution < 1.29 is 9.84 Å². The third-order valence-electron chi connectivity index (χ3n) is 2.95. The van der Waals surface area contributed by atoms with E-state index < -0.39 is 0 Å². The lowest BCUT2D eigenvalue weighted by molar-refractivity contribution is 0.414. The number of hydrogen-bond acceptors (Lipinski definition) is 4. The number of hydrogen-bond donors (Lipinski definition) is 3. The highest BCUT2D eigenvalue weighted by Gasteiger charge is 2.16. The predicted molar refractivity (Wildman–Crippen MR) is 71.7 cm³/mol. The van der Waals surface area contributed by atoms with Crippen molar-refractivity contribution in [1.29, 1.82) is 5.41 Å². The summed E-state index contributed by atoms with van der Waals surface area (Å²) in [5.74, 6) is 0.391. The number of nitrogens with zero attached hydrogens (tertiary/aromatic N) is 2. The van der Waals surface area contributed by atoms with E-state index in [9.17, 15) is 5.11 Å². The Morgan fingerprint density at radius 2 is 2.05 bits per heavy atom. The van der Waals surface area contributed by atoms with Crippen molar-refractivity contribution in [3.63, 3.8) is 0 Å². The molecular weight excluding hydrogens is 244 g/mol. The van der Waals surface area contributed by atoms with Gasteiger partial charge in [-0.05, 0) is 24.6 Å². The van der Waals surface area contributed by atoms with Crippen LogP contribution in [0.2, 0.25) is 0 Å². The molecule has 6 heteroatoms. The molecule has 0 aliphatic rings. The second-order valence-corrected chi connectivity index (χ2v) is 4.20. The maximum Gasteiger partial charge on any atom is 0.241 e. The minimum atomic E-state index is -0.210. The zero-order valence-corrected chi connectivity index (χ0v) is 10.8. The highest BCUT2D eigenvalue weighted by molar-refractivity contribution is 5.98. The lowest BCUT2D eigenvalue weighted by Crippen LogP contribution is -2.13. The van der Waals surface area contributed by atoms with Crippen molar-refractivity contribution in [2.45, 2.75) is 13.5 Å². The summed E-state index contributed by atoms with van der Waals surface area (Å²) in [6.07, 6.45) is 0. The Kier molecular flexibility index (Phi) is 3.41. The molecule has 100 valence electrons. The van der Waals surface area contributed by atoms with E-state index in [1.54, 1.807) is 18.7 Å². The fourth-order valence-corrected chi connectivity index (χ4v) is 1.90. The van der Waals surface area contributed by atoms with Gasteiger partial charge in [0.15, 0.2) is 0 Å². The van der Waals surface area contributed by atoms with Gasteiger partial charge in [0.25, 0.3) is 0 Å². The van der Waals surface area contributed by atoms with Gasteiger partial charge in [-0.25, -0.2) is 0 Å². The summed E-state index contributed by atoms with van der Waals surface area (Å²) in [5, 5.41) is 21.1. The standard InChI is InChI=1S/C13H16N4O2/c1-8-11(12(14)15)13(18)16-17(8)7-9-3-5-10(19-2)6-4-9/h3-6H,7H2,1-2H3,(H3,14,15)(H,16,18). The van der Waals surface area contributed by atoms with Gasteiger partial charge in [0.1, 0.15) is 17.1 Å². The first-order valence-electron chi connectivity index (χ1n) is 5.76. The van der Waals surface area contributed by atoms with Crippen LogP contribution >= 0.6 is 0 Å². The first-order chi connectivity index (χ1) is 9.02. The Labute approximate surface area is 110 Å². The van der Waals surface area contributed by atoms with Crippen molar-refractivity contribution >= 4 is 5.84 Å². The second kappa shape index (κ2) is 5.01. The highest BCUT2D eigenvalue weighted by Crippen LogP contribution is 2.20. The number of aromatic nitrogens is 2. The van der Waals surface area contributed by atoms with E-state index in [4.69, 9.17) is 15.9 Å². The first kappa shape index (κ1) is 12.9. The van der Waals surface area contributed by atoms with Crippen LogP contribution in [0, 0.1) is 12.3 Å². The minimum absolute atomic E-state index is 0.184. The van der Waals surface area contributed by atoms with Crippen LogP contribution in [0.3, 0.4) is 0 Å². The molecule has 1 aromatic heterocycles. The number of aromatic hydroxyl groups is 1. The van der Waals surface area contributed by atoms with E-state index in [1.807, 2.05) is 24.3 Å². The third-order valence-corrected chi connectivity index (χ3v) is 2.95. The summed E-state index contributed by atoms with van der Waals surface area (Å²) in [7, 11) is 1.61. The largest absolute Gasteiger partial charge is 0.497 e. The highest BCUT2D eigenvalue weighted by atomic mass is 16.5. The molecule has 0 bridgehead atoms. The molecule has 0 unspecified atom stereocenters. The van der Waals surface area contributed by atoms with Crippen LogP contribution in [0.4, 0.5) is 0 Å². The average molecular weight is 260 g/mol. The molecule has 0 saturated heterocycles. The van der Waals surface area contributed by atoms with Crippen molar-refractivity contribution in [2.24, 2.45) is 5.73 Å². The zero-order valence-electron chi connectivity index (χ0n) is 10.8. The summed E-state index contributed by atoms with van der Waals surface area (Å²) < 4.78 is 6.71. The van der Waals surface area contributed by atoms with Crippen molar-refractivity contribution in [3.05, 3.63) is 41.1 Å². The Bertz CT molecular complexity index is 602. The molecule has 4 N–H and O–H groups in total. The van der Waals surface area contributed by atoms with Crippen LogP contribution in [0.25, 0.3) is 0 Å². The van der Waals surface area contributed by atoms with Crippen LogP contribution < -0.4 is 10.5 Å². The summed E-state index contributed by atoms with van der Waals surface area (Å²) in [4.78, 5) is 0. The number of rotatable bonds is 4. The predicted octanol–water partition coefficient (Wildman–Crippen LogP) is 1.24. The average Bonchev–Trinajstić information content (AvgIpc) is 2.65. The number of benzene rings is 1. The monoisotopic (exact) mass is 260 g/mol. The van der Waals surface area contributed by atoms with Crippen molar-refractivity contribution in [1.82, 2.24) is 9.78 Å². The van der Waals surface area contributed by atoms with Gasteiger partial charge in [-0.2, -0.15) is 0 Å². The van der Waals surface area contributed by atoms with Crippen LogP contribution in [-0.2, 0) is 6.54 Å². The number of amidine groups is 1. The van der Waals surface area contributed by atoms with Gasteiger partial charge in [0.05, 0.1) is 19.3 Å². The molecule has 6 nitrogen and oxygen atoms in total. The fraction of sp³-hybridized carbons (Fsp3) is 0.231. The molecule has 1 aromatic carbocycles. The Morgan fingerprint density at radius 3 is 2.53 bits per heavy atom. The topological polar surface area (TPSA) is 97.1 Å². The normalized spacial score (nSPS) is 10.4. The van der Waals surface area contributed by atoms with Crippen LogP contribution in [0.1, 0.15) is 16.8 Å². The molecule has 2 aromatic rings. The molecule has 0 amide bonds. The Balaban J connectivity index is 2.28. The maximum atomic E-state index is 9.67. The number of nitrogens with two attached hydrogens (primary N) is 1. The molecule has 0 atom stereocenters. The van der Waals surface area contributed by atoms with Gasteiger partial charge in [0, 0.05) is 0 Å². The molecular formula is C13H16N4O2. The van der Waals surface area contributed by atoms with Gasteiger partial charge in [-0.1, -0.05) is 12.1 Å². The molecule has 1 heterocycles. The van der Waals surface area contributed by atoms with Crippen LogP contribution in [0.15, 0.2) is 24.3 Å². The molecule has 0 radical (unpaired) electrons. The number of methoxy groups -OCH3 is 1. The van der Waals surface area contributed by atoms with Gasteiger partial charge < -0.3 is 15.6 Å². The lowest BCUT2D eigenvalue weighted by atomic mass is 10.2. The van der Waals surface area contributed by atoms with Gasteiger partial charge in [-0.15, -0.1) is 5.10 Å². The quantitative estimate of drug-likeness (QED) is 0.569. The maximum absolute atomic E-state index is 9.67. The van der Waals surface area contributed by atoms with E-state index in [2.05, 4.69) is 5.10 Å².